The third kappa shape index (κ3) is 3.87. The Labute approximate surface area is 193 Å². The molecule has 10 atom stereocenters. The van der Waals surface area contributed by atoms with Crippen molar-refractivity contribution in [1.82, 2.24) is 0 Å². The van der Waals surface area contributed by atoms with Gasteiger partial charge in [0.1, 0.15) is 0 Å². The van der Waals surface area contributed by atoms with E-state index in [1.807, 2.05) is 0 Å². The second kappa shape index (κ2) is 8.81. The molecule has 3 saturated carbocycles. The average molecular weight is 429 g/mol. The minimum atomic E-state index is -0.112. The highest BCUT2D eigenvalue weighted by molar-refractivity contribution is 5.27. The van der Waals surface area contributed by atoms with E-state index in [9.17, 15) is 5.11 Å². The smallest absolute Gasteiger partial charge is 0.0603 e. The molecule has 4 aliphatic carbocycles. The lowest BCUT2D eigenvalue weighted by atomic mass is 9.46. The van der Waals surface area contributed by atoms with Gasteiger partial charge in [-0.2, -0.15) is 0 Å². The number of aliphatic hydroxyl groups is 1. The van der Waals surface area contributed by atoms with Crippen LogP contribution in [0, 0.1) is 58.2 Å². The first-order chi connectivity index (χ1) is 14.6. The summed E-state index contributed by atoms with van der Waals surface area (Å²) in [6.45, 7) is 17.4. The first-order valence-electron chi connectivity index (χ1n) is 14.0. The Balaban J connectivity index is 1.49. The molecule has 178 valence electrons. The van der Waals surface area contributed by atoms with Crippen molar-refractivity contribution >= 4 is 0 Å². The van der Waals surface area contributed by atoms with E-state index in [-0.39, 0.29) is 6.10 Å². The van der Waals surface area contributed by atoms with Crippen LogP contribution in [0.4, 0.5) is 0 Å². The fourth-order valence-corrected chi connectivity index (χ4v) is 9.72. The van der Waals surface area contributed by atoms with E-state index in [1.165, 1.54) is 57.8 Å². The quantitative estimate of drug-likeness (QED) is 0.422. The van der Waals surface area contributed by atoms with Crippen LogP contribution in [0.1, 0.15) is 113 Å². The second-order valence-corrected chi connectivity index (χ2v) is 13.3. The molecular formula is C30H52O. The molecule has 31 heavy (non-hydrogen) atoms. The predicted molar refractivity (Wildman–Crippen MR) is 133 cm³/mol. The Morgan fingerprint density at radius 3 is 2.42 bits per heavy atom. The Hall–Kier alpha value is -0.300. The maximum absolute atomic E-state index is 10.5. The lowest BCUT2D eigenvalue weighted by molar-refractivity contribution is -0.0646. The van der Waals surface area contributed by atoms with Crippen molar-refractivity contribution in [3.05, 3.63) is 11.6 Å². The van der Waals surface area contributed by atoms with Gasteiger partial charge in [0.15, 0.2) is 0 Å². The highest BCUT2D eigenvalue weighted by Crippen LogP contribution is 2.67. The normalized spacial score (nSPS) is 46.7. The summed E-state index contributed by atoms with van der Waals surface area (Å²) in [5.41, 5.74) is 2.55. The van der Waals surface area contributed by atoms with Crippen LogP contribution >= 0.6 is 0 Å². The van der Waals surface area contributed by atoms with Gasteiger partial charge in [-0.1, -0.05) is 73.0 Å². The maximum atomic E-state index is 10.5. The van der Waals surface area contributed by atoms with Gasteiger partial charge in [-0.05, 0) is 104 Å². The lowest BCUT2D eigenvalue weighted by Gasteiger charge is -2.59. The lowest BCUT2D eigenvalue weighted by Crippen LogP contribution is -2.52. The number of allylic oxidation sites excluding steroid dienone is 1. The van der Waals surface area contributed by atoms with Gasteiger partial charge in [-0.15, -0.1) is 0 Å². The van der Waals surface area contributed by atoms with Crippen LogP contribution in [-0.4, -0.2) is 11.2 Å². The van der Waals surface area contributed by atoms with Crippen molar-refractivity contribution in [3.63, 3.8) is 0 Å². The molecule has 0 aliphatic heterocycles. The van der Waals surface area contributed by atoms with Crippen molar-refractivity contribution in [2.24, 2.45) is 58.2 Å². The van der Waals surface area contributed by atoms with Crippen LogP contribution in [0.25, 0.3) is 0 Å². The Morgan fingerprint density at radius 2 is 1.74 bits per heavy atom. The zero-order valence-electron chi connectivity index (χ0n) is 21.8. The molecule has 1 N–H and O–H groups in total. The zero-order valence-corrected chi connectivity index (χ0v) is 21.8. The SMILES string of the molecule is CCC(CCC(C)C1CCC2C3CC=C4C(C)C(O)CCC4(C)C3CCC12C)C(C)C. The van der Waals surface area contributed by atoms with Crippen molar-refractivity contribution in [2.45, 2.75) is 119 Å². The number of hydrogen-bond acceptors (Lipinski definition) is 1. The monoisotopic (exact) mass is 428 g/mol. The summed E-state index contributed by atoms with van der Waals surface area (Å²) < 4.78 is 0. The van der Waals surface area contributed by atoms with Gasteiger partial charge in [-0.3, -0.25) is 0 Å². The predicted octanol–water partition coefficient (Wildman–Crippen LogP) is 8.27. The number of hydrogen-bond donors (Lipinski definition) is 1. The van der Waals surface area contributed by atoms with Crippen molar-refractivity contribution in [3.8, 4) is 0 Å². The molecule has 0 aromatic rings. The zero-order chi connectivity index (χ0) is 22.6. The van der Waals surface area contributed by atoms with Gasteiger partial charge < -0.3 is 5.11 Å². The van der Waals surface area contributed by atoms with Gasteiger partial charge in [-0.25, -0.2) is 0 Å². The Kier molecular flexibility index (Phi) is 6.78. The fourth-order valence-electron chi connectivity index (χ4n) is 9.72. The van der Waals surface area contributed by atoms with Crippen molar-refractivity contribution < 1.29 is 5.11 Å². The highest BCUT2D eigenvalue weighted by atomic mass is 16.3. The van der Waals surface area contributed by atoms with Gasteiger partial charge >= 0.3 is 0 Å². The number of fused-ring (bicyclic) bond motifs is 5. The van der Waals surface area contributed by atoms with E-state index in [4.69, 9.17) is 0 Å². The van der Waals surface area contributed by atoms with E-state index < -0.39 is 0 Å². The summed E-state index contributed by atoms with van der Waals surface area (Å²) in [4.78, 5) is 0. The third-order valence-electron chi connectivity index (χ3n) is 11.8. The third-order valence-corrected chi connectivity index (χ3v) is 11.8. The van der Waals surface area contributed by atoms with E-state index in [2.05, 4.69) is 54.5 Å². The van der Waals surface area contributed by atoms with Crippen LogP contribution in [-0.2, 0) is 0 Å². The fraction of sp³-hybridized carbons (Fsp3) is 0.933. The van der Waals surface area contributed by atoms with Crippen LogP contribution in [0.15, 0.2) is 11.6 Å². The molecule has 1 heteroatoms. The summed E-state index contributed by atoms with van der Waals surface area (Å²) in [5, 5.41) is 10.5. The number of rotatable bonds is 6. The van der Waals surface area contributed by atoms with Crippen LogP contribution in [0.5, 0.6) is 0 Å². The molecule has 4 rings (SSSR count). The summed E-state index contributed by atoms with van der Waals surface area (Å²) in [7, 11) is 0. The van der Waals surface area contributed by atoms with E-state index >= 15 is 0 Å². The van der Waals surface area contributed by atoms with E-state index in [1.54, 1.807) is 5.57 Å². The van der Waals surface area contributed by atoms with E-state index in [0.29, 0.717) is 16.7 Å². The molecule has 0 saturated heterocycles. The molecule has 1 nitrogen and oxygen atoms in total. The molecule has 4 aliphatic rings. The van der Waals surface area contributed by atoms with Crippen molar-refractivity contribution in [1.29, 1.82) is 0 Å². The first-order valence-corrected chi connectivity index (χ1v) is 14.0. The van der Waals surface area contributed by atoms with Crippen LogP contribution in [0.3, 0.4) is 0 Å². The summed E-state index contributed by atoms with van der Waals surface area (Å²) in [6, 6.07) is 0. The Morgan fingerprint density at radius 1 is 1.00 bits per heavy atom. The minimum Gasteiger partial charge on any atom is -0.393 e. The minimum absolute atomic E-state index is 0.112. The molecule has 3 fully saturated rings. The molecule has 0 aromatic heterocycles. The molecule has 0 amide bonds. The van der Waals surface area contributed by atoms with Crippen LogP contribution in [0.2, 0.25) is 0 Å². The Bertz CT molecular complexity index is 663. The van der Waals surface area contributed by atoms with E-state index in [0.717, 1.165) is 47.8 Å². The maximum Gasteiger partial charge on any atom is 0.0603 e. The first kappa shape index (κ1) is 23.8. The highest BCUT2D eigenvalue weighted by Gasteiger charge is 2.59. The largest absolute Gasteiger partial charge is 0.393 e. The average Bonchev–Trinajstić information content (AvgIpc) is 3.08. The standard InChI is InChI=1S/C30H52O/c1-8-22(19(2)3)10-9-20(4)24-13-14-26-23-11-12-25-21(5)28(31)16-18-30(25,7)27(23)15-17-29(24,26)6/h12,19-24,26-28,31H,8-11,13-18H2,1-7H3. The topological polar surface area (TPSA) is 20.2 Å². The van der Waals surface area contributed by atoms with Crippen LogP contribution < -0.4 is 0 Å². The molecule has 0 radical (unpaired) electrons. The summed E-state index contributed by atoms with van der Waals surface area (Å²) in [5.74, 6) is 6.63. The van der Waals surface area contributed by atoms with Gasteiger partial charge in [0, 0.05) is 5.92 Å². The molecule has 0 spiro atoms. The molecule has 0 aromatic carbocycles. The second-order valence-electron chi connectivity index (χ2n) is 13.3. The molecule has 0 heterocycles. The number of aliphatic hydroxyl groups excluding tert-OH is 1. The summed E-state index contributed by atoms with van der Waals surface area (Å²) in [6.07, 6.45) is 16.1. The molecule has 10 unspecified atom stereocenters. The van der Waals surface area contributed by atoms with Crippen molar-refractivity contribution in [2.75, 3.05) is 0 Å². The van der Waals surface area contributed by atoms with Gasteiger partial charge in [0.05, 0.1) is 6.10 Å². The molecule has 0 bridgehead atoms. The molecular weight excluding hydrogens is 376 g/mol. The summed E-state index contributed by atoms with van der Waals surface area (Å²) >= 11 is 0. The van der Waals surface area contributed by atoms with Gasteiger partial charge in [0.2, 0.25) is 0 Å². The van der Waals surface area contributed by atoms with Gasteiger partial charge in [0.25, 0.3) is 0 Å².